The predicted molar refractivity (Wildman–Crippen MR) is 102 cm³/mol. The van der Waals surface area contributed by atoms with Gasteiger partial charge in [0.25, 0.3) is 0 Å². The molecule has 3 aliphatic rings. The Labute approximate surface area is 158 Å². The van der Waals surface area contributed by atoms with E-state index >= 15 is 0 Å². The minimum Gasteiger partial charge on any atom is -0.478 e. The van der Waals surface area contributed by atoms with E-state index in [2.05, 4.69) is 9.88 Å². The maximum atomic E-state index is 13.0. The highest BCUT2D eigenvalue weighted by Crippen LogP contribution is 2.44. The molecular formula is C22H22N2O3. The lowest BCUT2D eigenvalue weighted by molar-refractivity contribution is 0.0567. The van der Waals surface area contributed by atoms with Crippen LogP contribution in [0.1, 0.15) is 52.7 Å². The van der Waals surface area contributed by atoms with Gasteiger partial charge in [0.2, 0.25) is 5.78 Å². The fraction of sp³-hybridized carbons (Fsp3) is 0.364. The summed E-state index contributed by atoms with van der Waals surface area (Å²) in [4.78, 5) is 19.4. The molecule has 0 amide bonds. The molecule has 1 saturated carbocycles. The molecule has 1 aromatic heterocycles. The van der Waals surface area contributed by atoms with E-state index in [0.717, 1.165) is 29.0 Å². The standard InChI is InChI=1S/C22H22N2O3/c1-14-10-18-17(12-24(13-26-18)16-4-2-3-5-16)22-20(14)21(25)19(27-22)11-15-6-8-23-9-7-15/h6-11,16H,2-5,12-13H2,1H3/b19-11-. The zero-order valence-corrected chi connectivity index (χ0v) is 15.4. The molecule has 0 unspecified atom stereocenters. The number of ether oxygens (including phenoxy) is 2. The summed E-state index contributed by atoms with van der Waals surface area (Å²) < 4.78 is 12.1. The van der Waals surface area contributed by atoms with Crippen molar-refractivity contribution in [2.75, 3.05) is 6.73 Å². The summed E-state index contributed by atoms with van der Waals surface area (Å²) in [6.45, 7) is 3.34. The van der Waals surface area contributed by atoms with Gasteiger partial charge >= 0.3 is 0 Å². The Bertz CT molecular complexity index is 930. The molecule has 5 nitrogen and oxygen atoms in total. The van der Waals surface area contributed by atoms with Gasteiger partial charge < -0.3 is 9.47 Å². The molecule has 2 aliphatic heterocycles. The van der Waals surface area contributed by atoms with Crippen LogP contribution in [0.25, 0.3) is 6.08 Å². The van der Waals surface area contributed by atoms with Crippen LogP contribution in [-0.2, 0) is 6.54 Å². The molecule has 0 saturated heterocycles. The normalized spacial score (nSPS) is 21.1. The minimum atomic E-state index is -0.0555. The molecule has 5 heteroatoms. The first kappa shape index (κ1) is 16.5. The predicted octanol–water partition coefficient (Wildman–Crippen LogP) is 4.10. The van der Waals surface area contributed by atoms with Crippen molar-refractivity contribution in [3.05, 3.63) is 58.6 Å². The number of hydrogen-bond acceptors (Lipinski definition) is 5. The highest BCUT2D eigenvalue weighted by atomic mass is 16.5. The number of carbonyl (C=O) groups excluding carboxylic acids is 1. The van der Waals surface area contributed by atoms with Crippen molar-refractivity contribution >= 4 is 11.9 Å². The van der Waals surface area contributed by atoms with Crippen LogP contribution in [0.3, 0.4) is 0 Å². The molecule has 0 bridgehead atoms. The second-order valence-corrected chi connectivity index (χ2v) is 7.55. The smallest absolute Gasteiger partial charge is 0.232 e. The molecular weight excluding hydrogens is 340 g/mol. The number of Topliss-reactive ketones (excluding diaryl/α,β-unsaturated/α-hetero) is 1. The lowest BCUT2D eigenvalue weighted by atomic mass is 9.98. The number of allylic oxidation sites excluding steroid dienone is 1. The van der Waals surface area contributed by atoms with Crippen LogP contribution in [-0.4, -0.2) is 28.4 Å². The van der Waals surface area contributed by atoms with Gasteiger partial charge in [0.05, 0.1) is 11.1 Å². The van der Waals surface area contributed by atoms with Gasteiger partial charge in [-0.1, -0.05) is 12.8 Å². The second-order valence-electron chi connectivity index (χ2n) is 7.55. The van der Waals surface area contributed by atoms with E-state index in [1.165, 1.54) is 25.7 Å². The van der Waals surface area contributed by atoms with E-state index in [-0.39, 0.29) is 5.78 Å². The second kappa shape index (κ2) is 6.50. The van der Waals surface area contributed by atoms with Crippen LogP contribution < -0.4 is 9.47 Å². The number of benzene rings is 1. The van der Waals surface area contributed by atoms with E-state index < -0.39 is 0 Å². The molecule has 3 heterocycles. The first-order chi connectivity index (χ1) is 13.2. The largest absolute Gasteiger partial charge is 0.478 e. The number of hydrogen-bond donors (Lipinski definition) is 0. The molecule has 1 aromatic carbocycles. The fourth-order valence-electron chi connectivity index (χ4n) is 4.36. The molecule has 5 rings (SSSR count). The number of nitrogens with zero attached hydrogens (tertiary/aromatic N) is 2. The third-order valence-corrected chi connectivity index (χ3v) is 5.80. The first-order valence-corrected chi connectivity index (χ1v) is 9.58. The summed E-state index contributed by atoms with van der Waals surface area (Å²) in [5.41, 5.74) is 3.48. The zero-order valence-electron chi connectivity index (χ0n) is 15.4. The lowest BCUT2D eigenvalue weighted by Gasteiger charge is -2.34. The molecule has 0 spiro atoms. The first-order valence-electron chi connectivity index (χ1n) is 9.58. The van der Waals surface area contributed by atoms with Gasteiger partial charge in [-0.3, -0.25) is 14.7 Å². The Morgan fingerprint density at radius 3 is 2.78 bits per heavy atom. The third-order valence-electron chi connectivity index (χ3n) is 5.80. The van der Waals surface area contributed by atoms with Crippen molar-refractivity contribution < 1.29 is 14.3 Å². The summed E-state index contributed by atoms with van der Waals surface area (Å²) in [5, 5.41) is 0. The van der Waals surface area contributed by atoms with Gasteiger partial charge in [-0.15, -0.1) is 0 Å². The average molecular weight is 362 g/mol. The van der Waals surface area contributed by atoms with Crippen molar-refractivity contribution in [3.8, 4) is 11.5 Å². The topological polar surface area (TPSA) is 51.7 Å². The van der Waals surface area contributed by atoms with E-state index in [1.54, 1.807) is 18.5 Å². The molecule has 27 heavy (non-hydrogen) atoms. The van der Waals surface area contributed by atoms with E-state index in [4.69, 9.17) is 9.47 Å². The van der Waals surface area contributed by atoms with Gasteiger partial charge in [-0.25, -0.2) is 0 Å². The average Bonchev–Trinajstić information content (AvgIpc) is 3.32. The maximum absolute atomic E-state index is 13.0. The Morgan fingerprint density at radius 2 is 2.00 bits per heavy atom. The number of aromatic nitrogens is 1. The summed E-state index contributed by atoms with van der Waals surface area (Å²) in [7, 11) is 0. The number of pyridine rings is 1. The summed E-state index contributed by atoms with van der Waals surface area (Å²) in [6, 6.07) is 6.27. The number of aryl methyl sites for hydroxylation is 1. The number of fused-ring (bicyclic) bond motifs is 3. The van der Waals surface area contributed by atoms with Crippen molar-refractivity contribution in [1.29, 1.82) is 0 Å². The van der Waals surface area contributed by atoms with Crippen LogP contribution in [0.2, 0.25) is 0 Å². The number of ketones is 1. The van der Waals surface area contributed by atoms with Crippen LogP contribution in [0.15, 0.2) is 36.4 Å². The number of rotatable bonds is 2. The quantitative estimate of drug-likeness (QED) is 0.753. The van der Waals surface area contributed by atoms with Gasteiger partial charge in [0, 0.05) is 25.0 Å². The Kier molecular flexibility index (Phi) is 3.97. The van der Waals surface area contributed by atoms with E-state index in [0.29, 0.717) is 29.8 Å². The van der Waals surface area contributed by atoms with E-state index in [1.807, 2.05) is 25.1 Å². The van der Waals surface area contributed by atoms with Crippen molar-refractivity contribution in [2.45, 2.75) is 45.2 Å². The summed E-state index contributed by atoms with van der Waals surface area (Å²) in [6.07, 6.45) is 10.2. The van der Waals surface area contributed by atoms with Crippen LogP contribution >= 0.6 is 0 Å². The molecule has 1 aliphatic carbocycles. The van der Waals surface area contributed by atoms with Crippen molar-refractivity contribution in [1.82, 2.24) is 9.88 Å². The molecule has 2 aromatic rings. The molecule has 1 fully saturated rings. The Hall–Kier alpha value is -2.66. The maximum Gasteiger partial charge on any atom is 0.232 e. The van der Waals surface area contributed by atoms with Gasteiger partial charge in [-0.05, 0) is 55.2 Å². The van der Waals surface area contributed by atoms with Gasteiger partial charge in [0.1, 0.15) is 18.2 Å². The number of carbonyl (C=O) groups is 1. The minimum absolute atomic E-state index is 0.0555. The zero-order chi connectivity index (χ0) is 18.4. The van der Waals surface area contributed by atoms with E-state index in [9.17, 15) is 4.79 Å². The third kappa shape index (κ3) is 2.82. The fourth-order valence-corrected chi connectivity index (χ4v) is 4.36. The SMILES string of the molecule is Cc1cc2c(c3c1C(=O)/C(=C/c1ccncc1)O3)CN(C1CCCC1)CO2. The van der Waals surface area contributed by atoms with Gasteiger partial charge in [0.15, 0.2) is 5.76 Å². The highest BCUT2D eigenvalue weighted by molar-refractivity contribution is 6.15. The van der Waals surface area contributed by atoms with Crippen LogP contribution in [0.5, 0.6) is 11.5 Å². The van der Waals surface area contributed by atoms with Gasteiger partial charge in [-0.2, -0.15) is 0 Å². The summed E-state index contributed by atoms with van der Waals surface area (Å²) in [5.74, 6) is 1.84. The molecule has 0 N–H and O–H groups in total. The molecule has 138 valence electrons. The van der Waals surface area contributed by atoms with Crippen molar-refractivity contribution in [3.63, 3.8) is 0 Å². The summed E-state index contributed by atoms with van der Waals surface area (Å²) >= 11 is 0. The molecule has 0 radical (unpaired) electrons. The van der Waals surface area contributed by atoms with Crippen molar-refractivity contribution in [2.24, 2.45) is 0 Å². The van der Waals surface area contributed by atoms with Crippen LogP contribution in [0.4, 0.5) is 0 Å². The Morgan fingerprint density at radius 1 is 1.22 bits per heavy atom. The highest BCUT2D eigenvalue weighted by Gasteiger charge is 2.36. The van der Waals surface area contributed by atoms with Crippen LogP contribution in [0, 0.1) is 6.92 Å². The Balaban J connectivity index is 1.52. The molecule has 0 atom stereocenters. The lowest BCUT2D eigenvalue weighted by Crippen LogP contribution is -2.39. The monoisotopic (exact) mass is 362 g/mol.